The van der Waals surface area contributed by atoms with Gasteiger partial charge in [-0.2, -0.15) is 0 Å². The highest BCUT2D eigenvalue weighted by atomic mass is 32.1. The average molecular weight is 290 g/mol. The van der Waals surface area contributed by atoms with Crippen LogP contribution in [0.3, 0.4) is 0 Å². The van der Waals surface area contributed by atoms with Gasteiger partial charge in [-0.3, -0.25) is 4.98 Å². The van der Waals surface area contributed by atoms with E-state index in [0.717, 1.165) is 0 Å². The van der Waals surface area contributed by atoms with E-state index in [2.05, 4.69) is 26.6 Å². The van der Waals surface area contributed by atoms with Crippen LogP contribution in [0.5, 0.6) is 0 Å². The largest absolute Gasteiger partial charge is 0.336 e. The van der Waals surface area contributed by atoms with Gasteiger partial charge in [0.15, 0.2) is 0 Å². The lowest BCUT2D eigenvalue weighted by atomic mass is 10.2. The number of urea groups is 1. The molecule has 0 spiro atoms. The Kier molecular flexibility index (Phi) is 5.09. The van der Waals surface area contributed by atoms with E-state index in [0.29, 0.717) is 12.2 Å². The highest BCUT2D eigenvalue weighted by molar-refractivity contribution is 7.10. The van der Waals surface area contributed by atoms with Crippen molar-refractivity contribution in [2.24, 2.45) is 0 Å². The lowest BCUT2D eigenvalue weighted by molar-refractivity contribution is 0.244. The molecule has 2 aromatic rings. The van der Waals surface area contributed by atoms with Gasteiger partial charge in [-0.15, -0.1) is 11.3 Å². The Morgan fingerprint density at radius 1 is 1.40 bits per heavy atom. The predicted octanol–water partition coefficient (Wildman–Crippen LogP) is 2.57. The highest BCUT2D eigenvalue weighted by Crippen LogP contribution is 2.22. The maximum absolute atomic E-state index is 11.8. The number of carbonyl (C=O) groups is 1. The predicted molar refractivity (Wildman–Crippen MR) is 82.0 cm³/mol. The van der Waals surface area contributed by atoms with Crippen LogP contribution in [-0.2, 0) is 0 Å². The van der Waals surface area contributed by atoms with Crippen LogP contribution in [0.4, 0.5) is 10.5 Å². The third-order valence-electron chi connectivity index (χ3n) is 2.87. The molecule has 2 rings (SSSR count). The second-order valence-corrected chi connectivity index (χ2v) is 5.55. The fraction of sp³-hybridized carbons (Fsp3) is 0.286. The third-order valence-corrected chi connectivity index (χ3v) is 3.84. The summed E-state index contributed by atoms with van der Waals surface area (Å²) in [6.45, 7) is 0.555. The average Bonchev–Trinajstić information content (AvgIpc) is 2.93. The number of anilines is 1. The fourth-order valence-corrected chi connectivity index (χ4v) is 2.74. The van der Waals surface area contributed by atoms with Crippen LogP contribution in [0.15, 0.2) is 42.0 Å². The minimum atomic E-state index is -0.221. The van der Waals surface area contributed by atoms with E-state index in [1.54, 1.807) is 35.9 Å². The normalized spacial score (nSPS) is 12.2. The maximum atomic E-state index is 11.8. The lowest BCUT2D eigenvalue weighted by Crippen LogP contribution is -2.36. The van der Waals surface area contributed by atoms with Gasteiger partial charge in [0.25, 0.3) is 0 Å². The zero-order chi connectivity index (χ0) is 14.4. The molecule has 0 unspecified atom stereocenters. The summed E-state index contributed by atoms with van der Waals surface area (Å²) in [6, 6.07) is 7.64. The molecule has 0 aliphatic heterocycles. The molecule has 6 heteroatoms. The SMILES string of the molecule is CN(C)[C@H](CNC(=O)Nc1cccnc1)c1cccs1. The lowest BCUT2D eigenvalue weighted by Gasteiger charge is -2.23. The first-order valence-electron chi connectivity index (χ1n) is 6.31. The van der Waals surface area contributed by atoms with Crippen molar-refractivity contribution >= 4 is 23.1 Å². The molecular weight excluding hydrogens is 272 g/mol. The number of hydrogen-bond acceptors (Lipinski definition) is 4. The quantitative estimate of drug-likeness (QED) is 0.890. The summed E-state index contributed by atoms with van der Waals surface area (Å²) in [5, 5.41) is 7.69. The molecule has 0 radical (unpaired) electrons. The van der Waals surface area contributed by atoms with Gasteiger partial charge in [0.05, 0.1) is 17.9 Å². The van der Waals surface area contributed by atoms with E-state index in [1.807, 2.05) is 25.5 Å². The van der Waals surface area contributed by atoms with E-state index in [9.17, 15) is 4.79 Å². The fourth-order valence-electron chi connectivity index (χ4n) is 1.82. The monoisotopic (exact) mass is 290 g/mol. The minimum absolute atomic E-state index is 0.176. The molecule has 20 heavy (non-hydrogen) atoms. The summed E-state index contributed by atoms with van der Waals surface area (Å²) >= 11 is 1.69. The summed E-state index contributed by atoms with van der Waals surface area (Å²) in [5.41, 5.74) is 0.683. The number of pyridine rings is 1. The maximum Gasteiger partial charge on any atom is 0.319 e. The molecular formula is C14H18N4OS. The van der Waals surface area contributed by atoms with E-state index in [1.165, 1.54) is 4.88 Å². The first-order chi connectivity index (χ1) is 9.66. The molecule has 106 valence electrons. The Bertz CT molecular complexity index is 527. The Morgan fingerprint density at radius 2 is 2.25 bits per heavy atom. The van der Waals surface area contributed by atoms with Crippen molar-refractivity contribution in [2.45, 2.75) is 6.04 Å². The van der Waals surface area contributed by atoms with Gasteiger partial charge in [0.2, 0.25) is 0 Å². The molecule has 0 fully saturated rings. The number of nitrogens with one attached hydrogen (secondary N) is 2. The first-order valence-corrected chi connectivity index (χ1v) is 7.19. The highest BCUT2D eigenvalue weighted by Gasteiger charge is 2.16. The van der Waals surface area contributed by atoms with Crippen LogP contribution in [0.1, 0.15) is 10.9 Å². The molecule has 1 atom stereocenters. The molecule has 0 bridgehead atoms. The molecule has 0 aliphatic carbocycles. The van der Waals surface area contributed by atoms with E-state index >= 15 is 0 Å². The summed E-state index contributed by atoms with van der Waals surface area (Å²) in [4.78, 5) is 19.1. The molecule has 0 aromatic carbocycles. The zero-order valence-electron chi connectivity index (χ0n) is 11.5. The van der Waals surface area contributed by atoms with Gasteiger partial charge in [-0.25, -0.2) is 4.79 Å². The molecule has 0 saturated carbocycles. The van der Waals surface area contributed by atoms with Gasteiger partial charge in [-0.1, -0.05) is 6.07 Å². The van der Waals surface area contributed by atoms with E-state index in [-0.39, 0.29) is 12.1 Å². The van der Waals surface area contributed by atoms with Crippen molar-refractivity contribution in [2.75, 3.05) is 26.0 Å². The Morgan fingerprint density at radius 3 is 2.85 bits per heavy atom. The molecule has 2 amide bonds. The van der Waals surface area contributed by atoms with Crippen LogP contribution in [0.2, 0.25) is 0 Å². The van der Waals surface area contributed by atoms with Crippen molar-refractivity contribution in [1.82, 2.24) is 15.2 Å². The smallest absolute Gasteiger partial charge is 0.319 e. The third kappa shape index (κ3) is 4.04. The van der Waals surface area contributed by atoms with E-state index in [4.69, 9.17) is 0 Å². The number of likely N-dealkylation sites (N-methyl/N-ethyl adjacent to an activating group) is 1. The summed E-state index contributed by atoms with van der Waals surface area (Å²) in [7, 11) is 4.01. The Balaban J connectivity index is 1.88. The Hall–Kier alpha value is -1.92. The first kappa shape index (κ1) is 14.5. The van der Waals surface area contributed by atoms with Gasteiger partial charge in [0.1, 0.15) is 0 Å². The second-order valence-electron chi connectivity index (χ2n) is 4.57. The summed E-state index contributed by atoms with van der Waals surface area (Å²) in [5.74, 6) is 0. The van der Waals surface area contributed by atoms with Crippen molar-refractivity contribution in [1.29, 1.82) is 0 Å². The summed E-state index contributed by atoms with van der Waals surface area (Å²) < 4.78 is 0. The number of amides is 2. The standard InChI is InChI=1S/C14H18N4OS/c1-18(2)12(13-6-4-8-20-13)10-16-14(19)17-11-5-3-7-15-9-11/h3-9,12H,10H2,1-2H3,(H2,16,17,19)/t12-/m1/s1. The van der Waals surface area contributed by atoms with Crippen molar-refractivity contribution in [3.05, 3.63) is 46.9 Å². The van der Waals surface area contributed by atoms with E-state index < -0.39 is 0 Å². The van der Waals surface area contributed by atoms with Gasteiger partial charge in [-0.05, 0) is 37.7 Å². The number of nitrogens with zero attached hydrogens (tertiary/aromatic N) is 2. The summed E-state index contributed by atoms with van der Waals surface area (Å²) in [6.07, 6.45) is 3.28. The molecule has 0 saturated heterocycles. The number of aromatic nitrogens is 1. The molecule has 0 aliphatic rings. The topological polar surface area (TPSA) is 57.3 Å². The molecule has 2 heterocycles. The van der Waals surface area contributed by atoms with Crippen LogP contribution < -0.4 is 10.6 Å². The van der Waals surface area contributed by atoms with Crippen molar-refractivity contribution in [3.63, 3.8) is 0 Å². The number of rotatable bonds is 5. The minimum Gasteiger partial charge on any atom is -0.336 e. The van der Waals surface area contributed by atoms with Crippen LogP contribution in [-0.4, -0.2) is 36.6 Å². The number of carbonyl (C=O) groups excluding carboxylic acids is 1. The van der Waals surface area contributed by atoms with Gasteiger partial charge < -0.3 is 15.5 Å². The van der Waals surface area contributed by atoms with Gasteiger partial charge >= 0.3 is 6.03 Å². The number of thiophene rings is 1. The van der Waals surface area contributed by atoms with Gasteiger partial charge in [0, 0.05) is 17.6 Å². The molecule has 2 N–H and O–H groups in total. The van der Waals surface area contributed by atoms with Crippen LogP contribution >= 0.6 is 11.3 Å². The Labute approximate surface area is 122 Å². The van der Waals surface area contributed by atoms with Crippen molar-refractivity contribution < 1.29 is 4.79 Å². The number of hydrogen-bond donors (Lipinski definition) is 2. The second kappa shape index (κ2) is 7.02. The van der Waals surface area contributed by atoms with Crippen LogP contribution in [0, 0.1) is 0 Å². The van der Waals surface area contributed by atoms with Crippen LogP contribution in [0.25, 0.3) is 0 Å². The van der Waals surface area contributed by atoms with Crippen molar-refractivity contribution in [3.8, 4) is 0 Å². The zero-order valence-corrected chi connectivity index (χ0v) is 12.4. The molecule has 5 nitrogen and oxygen atoms in total. The molecule has 2 aromatic heterocycles.